The van der Waals surface area contributed by atoms with Crippen LogP contribution >= 0.6 is 0 Å². The van der Waals surface area contributed by atoms with E-state index < -0.39 is 5.97 Å². The predicted molar refractivity (Wildman–Crippen MR) is 34.8 cm³/mol. The molecule has 0 aromatic heterocycles. The molecule has 0 heterocycles. The van der Waals surface area contributed by atoms with Crippen molar-refractivity contribution in [2.24, 2.45) is 5.73 Å². The van der Waals surface area contributed by atoms with Gasteiger partial charge in [0.15, 0.2) is 0 Å². The third-order valence-corrected chi connectivity index (χ3v) is 1.22. The second-order valence-electron chi connectivity index (χ2n) is 1.85. The van der Waals surface area contributed by atoms with Crippen LogP contribution in [0.15, 0.2) is 11.3 Å². The number of carbonyl (C=O) groups is 1. The summed E-state index contributed by atoms with van der Waals surface area (Å²) in [6, 6.07) is 0. The van der Waals surface area contributed by atoms with E-state index in [0.717, 1.165) is 5.57 Å². The fourth-order valence-corrected chi connectivity index (χ4v) is 0.373. The van der Waals surface area contributed by atoms with Gasteiger partial charge in [-0.3, -0.25) is 0 Å². The monoisotopic (exact) mass is 129 g/mol. The molecule has 0 aliphatic carbocycles. The molecule has 0 unspecified atom stereocenters. The first-order valence-corrected chi connectivity index (χ1v) is 2.78. The van der Waals surface area contributed by atoms with Crippen molar-refractivity contribution in [3.05, 3.63) is 11.3 Å². The predicted octanol–water partition coefficient (Wildman–Crippen LogP) is 0.714. The second-order valence-corrected chi connectivity index (χ2v) is 1.85. The highest BCUT2D eigenvalue weighted by atomic mass is 16.4. The molecule has 0 bridgehead atoms. The van der Waals surface area contributed by atoms with Crippen LogP contribution in [0.25, 0.3) is 0 Å². The van der Waals surface area contributed by atoms with Gasteiger partial charge in [-0.1, -0.05) is 6.92 Å². The highest BCUT2D eigenvalue weighted by Crippen LogP contribution is 2.01. The Morgan fingerprint density at radius 2 is 2.11 bits per heavy atom. The molecule has 0 saturated carbocycles. The minimum absolute atomic E-state index is 0.0301. The third kappa shape index (κ3) is 2.17. The summed E-state index contributed by atoms with van der Waals surface area (Å²) in [7, 11) is 0. The molecule has 0 aliphatic rings. The van der Waals surface area contributed by atoms with Crippen LogP contribution < -0.4 is 5.73 Å². The minimum Gasteiger partial charge on any atom is -0.477 e. The van der Waals surface area contributed by atoms with Crippen molar-refractivity contribution in [1.29, 1.82) is 0 Å². The summed E-state index contributed by atoms with van der Waals surface area (Å²) in [5.74, 6) is -1.03. The molecule has 0 radical (unpaired) electrons. The molecular formula is C6H11NO2. The standard InChI is InChI=1S/C6H11NO2/c1-3-4(2)5(7)6(8)9/h3,7H2,1-2H3,(H,8,9). The van der Waals surface area contributed by atoms with E-state index in [0.29, 0.717) is 6.42 Å². The number of aliphatic carboxylic acids is 1. The molecule has 0 saturated heterocycles. The fraction of sp³-hybridized carbons (Fsp3) is 0.500. The first-order chi connectivity index (χ1) is 4.09. The van der Waals surface area contributed by atoms with E-state index in [1.54, 1.807) is 6.92 Å². The minimum atomic E-state index is -1.03. The zero-order chi connectivity index (χ0) is 7.44. The Kier molecular flexibility index (Phi) is 2.78. The number of allylic oxidation sites excluding steroid dienone is 1. The molecule has 52 valence electrons. The summed E-state index contributed by atoms with van der Waals surface area (Å²) < 4.78 is 0. The van der Waals surface area contributed by atoms with E-state index in [1.807, 2.05) is 6.92 Å². The first kappa shape index (κ1) is 8.01. The van der Waals surface area contributed by atoms with Gasteiger partial charge in [-0.05, 0) is 18.9 Å². The molecule has 0 rings (SSSR count). The average molecular weight is 129 g/mol. The first-order valence-electron chi connectivity index (χ1n) is 2.78. The van der Waals surface area contributed by atoms with Gasteiger partial charge in [0.1, 0.15) is 5.70 Å². The Morgan fingerprint density at radius 1 is 1.67 bits per heavy atom. The van der Waals surface area contributed by atoms with Gasteiger partial charge in [-0.15, -0.1) is 0 Å². The van der Waals surface area contributed by atoms with Crippen LogP contribution in [-0.4, -0.2) is 11.1 Å². The Balaban J connectivity index is 4.28. The number of rotatable bonds is 2. The van der Waals surface area contributed by atoms with Crippen LogP contribution in [0.5, 0.6) is 0 Å². The lowest BCUT2D eigenvalue weighted by Crippen LogP contribution is -2.11. The number of hydrogen-bond acceptors (Lipinski definition) is 2. The van der Waals surface area contributed by atoms with Crippen LogP contribution in [-0.2, 0) is 4.79 Å². The summed E-state index contributed by atoms with van der Waals surface area (Å²) in [6.07, 6.45) is 0.693. The van der Waals surface area contributed by atoms with Crippen molar-refractivity contribution in [3.63, 3.8) is 0 Å². The largest absolute Gasteiger partial charge is 0.477 e. The van der Waals surface area contributed by atoms with Gasteiger partial charge in [0.05, 0.1) is 0 Å². The molecule has 0 amide bonds. The SMILES string of the molecule is CCC(C)=C(N)C(=O)O. The molecular weight excluding hydrogens is 118 g/mol. The fourth-order valence-electron chi connectivity index (χ4n) is 0.373. The Morgan fingerprint density at radius 3 is 2.22 bits per heavy atom. The Bertz CT molecular complexity index is 149. The maximum Gasteiger partial charge on any atom is 0.351 e. The van der Waals surface area contributed by atoms with Crippen LogP contribution in [0, 0.1) is 0 Å². The summed E-state index contributed by atoms with van der Waals surface area (Å²) in [4.78, 5) is 10.1. The zero-order valence-corrected chi connectivity index (χ0v) is 5.64. The summed E-state index contributed by atoms with van der Waals surface area (Å²) >= 11 is 0. The van der Waals surface area contributed by atoms with Crippen molar-refractivity contribution in [1.82, 2.24) is 0 Å². The van der Waals surface area contributed by atoms with E-state index in [4.69, 9.17) is 10.8 Å². The van der Waals surface area contributed by atoms with E-state index in [9.17, 15) is 4.79 Å². The zero-order valence-electron chi connectivity index (χ0n) is 5.64. The Hall–Kier alpha value is -0.990. The lowest BCUT2D eigenvalue weighted by molar-refractivity contribution is -0.132. The van der Waals surface area contributed by atoms with Gasteiger partial charge >= 0.3 is 5.97 Å². The van der Waals surface area contributed by atoms with Crippen molar-refractivity contribution in [2.45, 2.75) is 20.3 Å². The quantitative estimate of drug-likeness (QED) is 0.540. The highest BCUT2D eigenvalue weighted by molar-refractivity contribution is 5.86. The molecule has 0 aliphatic heterocycles. The van der Waals surface area contributed by atoms with Gasteiger partial charge in [0.2, 0.25) is 0 Å². The lowest BCUT2D eigenvalue weighted by Gasteiger charge is -1.97. The molecule has 9 heavy (non-hydrogen) atoms. The van der Waals surface area contributed by atoms with Gasteiger partial charge in [-0.25, -0.2) is 4.79 Å². The van der Waals surface area contributed by atoms with Gasteiger partial charge in [0.25, 0.3) is 0 Å². The second kappa shape index (κ2) is 3.12. The lowest BCUT2D eigenvalue weighted by atomic mass is 10.2. The van der Waals surface area contributed by atoms with Crippen molar-refractivity contribution >= 4 is 5.97 Å². The molecule has 3 N–H and O–H groups in total. The maximum absolute atomic E-state index is 10.1. The molecule has 0 aromatic carbocycles. The normalized spacial score (nSPS) is 12.7. The van der Waals surface area contributed by atoms with E-state index in [-0.39, 0.29) is 5.70 Å². The van der Waals surface area contributed by atoms with Gasteiger partial charge < -0.3 is 10.8 Å². The highest BCUT2D eigenvalue weighted by Gasteiger charge is 2.02. The third-order valence-electron chi connectivity index (χ3n) is 1.22. The number of nitrogens with two attached hydrogens (primary N) is 1. The molecule has 0 fully saturated rings. The smallest absolute Gasteiger partial charge is 0.351 e. The summed E-state index contributed by atoms with van der Waals surface area (Å²) in [5, 5.41) is 8.30. The van der Waals surface area contributed by atoms with Crippen molar-refractivity contribution < 1.29 is 9.90 Å². The molecule has 0 spiro atoms. The van der Waals surface area contributed by atoms with Gasteiger partial charge in [-0.2, -0.15) is 0 Å². The average Bonchev–Trinajstić information content (AvgIpc) is 1.84. The molecule has 0 atom stereocenters. The van der Waals surface area contributed by atoms with Crippen LogP contribution in [0.3, 0.4) is 0 Å². The number of hydrogen-bond donors (Lipinski definition) is 2. The van der Waals surface area contributed by atoms with Crippen LogP contribution in [0.1, 0.15) is 20.3 Å². The van der Waals surface area contributed by atoms with E-state index in [1.165, 1.54) is 0 Å². The molecule has 0 aromatic rings. The Labute approximate surface area is 54.2 Å². The maximum atomic E-state index is 10.1. The number of carboxylic acid groups (broad SMARTS) is 1. The molecule has 3 nitrogen and oxygen atoms in total. The van der Waals surface area contributed by atoms with Crippen molar-refractivity contribution in [2.75, 3.05) is 0 Å². The van der Waals surface area contributed by atoms with Crippen molar-refractivity contribution in [3.8, 4) is 0 Å². The summed E-state index contributed by atoms with van der Waals surface area (Å²) in [5.41, 5.74) is 5.85. The van der Waals surface area contributed by atoms with E-state index in [2.05, 4.69) is 0 Å². The van der Waals surface area contributed by atoms with Gasteiger partial charge in [0, 0.05) is 0 Å². The topological polar surface area (TPSA) is 63.3 Å². The summed E-state index contributed by atoms with van der Waals surface area (Å²) in [6.45, 7) is 3.58. The van der Waals surface area contributed by atoms with E-state index >= 15 is 0 Å². The van der Waals surface area contributed by atoms with Crippen LogP contribution in [0.4, 0.5) is 0 Å². The molecule has 3 heteroatoms. The van der Waals surface area contributed by atoms with Crippen LogP contribution in [0.2, 0.25) is 0 Å². The number of carboxylic acids is 1.